The van der Waals surface area contributed by atoms with Crippen molar-refractivity contribution in [1.82, 2.24) is 9.99 Å². The summed E-state index contributed by atoms with van der Waals surface area (Å²) in [5.41, 5.74) is -1.60. The summed E-state index contributed by atoms with van der Waals surface area (Å²) < 4.78 is 0. The normalized spacial score (nSPS) is 26.7. The van der Waals surface area contributed by atoms with Gasteiger partial charge in [0.2, 0.25) is 5.91 Å². The fourth-order valence-electron chi connectivity index (χ4n) is 1.72. The van der Waals surface area contributed by atoms with Crippen molar-refractivity contribution >= 4 is 21.6 Å². The van der Waals surface area contributed by atoms with E-state index in [9.17, 15) is 9.59 Å². The van der Waals surface area contributed by atoms with Crippen LogP contribution >= 0.6 is 9.39 Å². The van der Waals surface area contributed by atoms with Gasteiger partial charge in [-0.2, -0.15) is 13.3 Å². The summed E-state index contributed by atoms with van der Waals surface area (Å²) in [7, 11) is 2.37. The van der Waals surface area contributed by atoms with E-state index in [1.807, 2.05) is 13.2 Å². The van der Waals surface area contributed by atoms with Gasteiger partial charge in [0.1, 0.15) is 0 Å². The largest absolute Gasteiger partial charge is 2.00 e. The Bertz CT molecular complexity index is 309. The van der Waals surface area contributed by atoms with Crippen molar-refractivity contribution in [3.05, 3.63) is 13.0 Å². The third-order valence-corrected chi connectivity index (χ3v) is 3.87. The summed E-state index contributed by atoms with van der Waals surface area (Å²) >= 11 is 0. The fraction of sp³-hybridized carbons (Fsp3) is 0.636. The molecule has 0 saturated carbocycles. The molecule has 7 heteroatoms. The quantitative estimate of drug-likeness (QED) is 0.451. The zero-order valence-electron chi connectivity index (χ0n) is 10.9. The molecular formula is C11H18N2O2PWY-. The number of nitrogens with zero attached hydrogens (tertiary/aromatic N) is 1. The number of hydrogen-bond donors (Lipinski definition) is 1. The second kappa shape index (κ2) is 8.57. The number of hydrogen-bond acceptors (Lipinski definition) is 3. The van der Waals surface area contributed by atoms with E-state index >= 15 is 0 Å². The zero-order chi connectivity index (χ0) is 12.4. The molecule has 1 aliphatic rings. The molecule has 4 nitrogen and oxygen atoms in total. The van der Waals surface area contributed by atoms with Crippen LogP contribution in [0, 0.1) is 13.0 Å². The Morgan fingerprint density at radius 3 is 2.61 bits per heavy atom. The summed E-state index contributed by atoms with van der Waals surface area (Å²) in [5.74, 6) is -0.0994. The van der Waals surface area contributed by atoms with Gasteiger partial charge in [-0.05, 0) is 6.92 Å². The molecule has 1 amide bonds. The Kier molecular flexibility index (Phi) is 10.3. The topological polar surface area (TPSA) is 49.4 Å². The molecule has 1 heterocycles. The Hall–Kier alpha value is 1.32. The number of piperidine rings is 1. The Balaban J connectivity index is 0. The number of carbonyl (C=O) groups excluding carboxylic acids is 2. The maximum absolute atomic E-state index is 12.3. The van der Waals surface area contributed by atoms with Crippen LogP contribution in [-0.4, -0.2) is 28.2 Å². The molecule has 0 aromatic carbocycles. The van der Waals surface area contributed by atoms with Crippen LogP contribution in [0.3, 0.4) is 0 Å². The smallest absolute Gasteiger partial charge is 0.542 e. The Morgan fingerprint density at radius 2 is 2.22 bits per heavy atom. The molecule has 1 N–H and O–H groups in total. The van der Waals surface area contributed by atoms with E-state index < -0.39 is 11.1 Å². The van der Waals surface area contributed by atoms with Crippen LogP contribution in [0.5, 0.6) is 0 Å². The molecule has 1 saturated heterocycles. The van der Waals surface area contributed by atoms with Gasteiger partial charge in [0.25, 0.3) is 0 Å². The van der Waals surface area contributed by atoms with Gasteiger partial charge in [-0.1, -0.05) is 22.7 Å². The summed E-state index contributed by atoms with van der Waals surface area (Å²) in [6, 6.07) is 0. The minimum Gasteiger partial charge on any atom is -0.542 e. The van der Waals surface area contributed by atoms with Crippen LogP contribution < -0.4 is 5.09 Å². The molecule has 1 fully saturated rings. The molecule has 1 radical (unpaired) electrons. The van der Waals surface area contributed by atoms with E-state index in [1.165, 1.54) is 4.90 Å². The van der Waals surface area contributed by atoms with Gasteiger partial charge < -0.3 is 16.1 Å². The molecule has 0 aromatic rings. The minimum absolute atomic E-state index is 0. The predicted octanol–water partition coefficient (Wildman–Crippen LogP) is 0.997. The van der Waals surface area contributed by atoms with Crippen molar-refractivity contribution in [1.29, 1.82) is 0 Å². The van der Waals surface area contributed by atoms with Gasteiger partial charge in [-0.25, -0.2) is 12.1 Å². The molecule has 3 unspecified atom stereocenters. The van der Waals surface area contributed by atoms with Crippen molar-refractivity contribution in [2.75, 3.05) is 0 Å². The van der Waals surface area contributed by atoms with Crippen molar-refractivity contribution < 1.29 is 63.4 Å². The van der Waals surface area contributed by atoms with Crippen molar-refractivity contribution in [3.8, 4) is 0 Å². The predicted molar refractivity (Wildman–Crippen MR) is 65.7 cm³/mol. The first-order valence-corrected chi connectivity index (χ1v) is 5.86. The first-order chi connectivity index (χ1) is 7.43. The molecule has 3 atom stereocenters. The van der Waals surface area contributed by atoms with Crippen molar-refractivity contribution in [2.24, 2.45) is 0 Å². The number of nitrogens with one attached hydrogen (secondary N) is 1. The van der Waals surface area contributed by atoms with E-state index in [0.717, 1.165) is 12.8 Å². The van der Waals surface area contributed by atoms with E-state index in [4.69, 9.17) is 0 Å². The van der Waals surface area contributed by atoms with E-state index in [-0.39, 0.29) is 59.7 Å². The molecule has 0 aliphatic carbocycles. The molecule has 0 bridgehead atoms. The Morgan fingerprint density at radius 1 is 1.67 bits per heavy atom. The first kappa shape index (κ1) is 21.6. The summed E-state index contributed by atoms with van der Waals surface area (Å²) in [4.78, 5) is 24.7. The van der Waals surface area contributed by atoms with Gasteiger partial charge in [0.15, 0.2) is 0 Å². The van der Waals surface area contributed by atoms with E-state index in [1.54, 1.807) is 26.8 Å². The average Bonchev–Trinajstić information content (AvgIpc) is 2.32. The maximum atomic E-state index is 12.3. The van der Waals surface area contributed by atoms with Gasteiger partial charge in [-0.15, -0.1) is 0 Å². The van der Waals surface area contributed by atoms with Crippen molar-refractivity contribution in [3.63, 3.8) is 0 Å². The van der Waals surface area contributed by atoms with Crippen LogP contribution in [-0.2, 0) is 63.4 Å². The average molecular weight is 514 g/mol. The van der Waals surface area contributed by atoms with Crippen LogP contribution in [0.2, 0.25) is 0 Å². The van der Waals surface area contributed by atoms with E-state index in [2.05, 4.69) is 14.5 Å². The molecule has 99 valence electrons. The van der Waals surface area contributed by atoms with E-state index in [0.29, 0.717) is 0 Å². The second-order valence-corrected chi connectivity index (χ2v) is 4.70. The van der Waals surface area contributed by atoms with Gasteiger partial charge in [0.05, 0.1) is 5.54 Å². The standard InChI is InChI=1S/C11H18N2O2P.W.Y/c1-4-10(2,8-14)13-7-5-6-11(3,12-16)9(13)15;;/h4,7,12H,5-6,16H2,1-3H3;;/q-3;+2;. The summed E-state index contributed by atoms with van der Waals surface area (Å²) in [6.07, 6.45) is 5.09. The second-order valence-electron chi connectivity index (χ2n) is 4.41. The maximum Gasteiger partial charge on any atom is 2.00 e. The van der Waals surface area contributed by atoms with Crippen LogP contribution in [0.1, 0.15) is 33.6 Å². The molecule has 1 aliphatic heterocycles. The number of amides is 1. The van der Waals surface area contributed by atoms with Crippen LogP contribution in [0.4, 0.5) is 0 Å². The van der Waals surface area contributed by atoms with Gasteiger partial charge in [0, 0.05) is 32.7 Å². The molecule has 1 rings (SSSR count). The summed E-state index contributed by atoms with van der Waals surface area (Å²) in [6.45, 7) is 7.05. The Labute approximate surface area is 151 Å². The number of likely N-dealkylation sites (tertiary alicyclic amines) is 1. The molecule has 0 aromatic heterocycles. The van der Waals surface area contributed by atoms with Crippen LogP contribution in [0.25, 0.3) is 0 Å². The third kappa shape index (κ3) is 4.16. The summed E-state index contributed by atoms with van der Waals surface area (Å²) in [5, 5.41) is 2.94. The minimum atomic E-state index is -0.972. The molecule has 0 spiro atoms. The van der Waals surface area contributed by atoms with Gasteiger partial charge in [-0.3, -0.25) is 16.2 Å². The van der Waals surface area contributed by atoms with Crippen LogP contribution in [0.15, 0.2) is 0 Å². The number of rotatable bonds is 4. The van der Waals surface area contributed by atoms with Crippen molar-refractivity contribution in [2.45, 2.75) is 44.7 Å². The number of carbonyl (C=O) groups is 1. The third-order valence-electron chi connectivity index (χ3n) is 3.23. The monoisotopic (exact) mass is 514 g/mol. The molecular weight excluding hydrogens is 496 g/mol. The zero-order valence-corrected chi connectivity index (χ0v) is 17.8. The van der Waals surface area contributed by atoms with Gasteiger partial charge >= 0.3 is 21.1 Å². The first-order valence-electron chi connectivity index (χ1n) is 5.28. The fourth-order valence-corrected chi connectivity index (χ4v) is 1.99. The molecule has 18 heavy (non-hydrogen) atoms. The SMILES string of the molecule is C[CH-]C(C)([C-]=O)N1[CH-]CCC(C)(NP)C1=O.[W+2].[Y].